The number of benzene rings is 3. The molecule has 0 aliphatic rings. The summed E-state index contributed by atoms with van der Waals surface area (Å²) >= 11 is 7.72. The first-order valence-corrected chi connectivity index (χ1v) is 9.07. The maximum Gasteiger partial charge on any atom is 0.124 e. The highest BCUT2D eigenvalue weighted by molar-refractivity contribution is 7.21. The number of halogens is 1. The van der Waals surface area contributed by atoms with Crippen molar-refractivity contribution < 1.29 is 0 Å². The van der Waals surface area contributed by atoms with Crippen molar-refractivity contribution in [1.29, 1.82) is 0 Å². The monoisotopic (exact) mass is 362 g/mol. The van der Waals surface area contributed by atoms with Gasteiger partial charge in [0.05, 0.1) is 10.2 Å². The van der Waals surface area contributed by atoms with E-state index in [9.17, 15) is 0 Å². The van der Waals surface area contributed by atoms with E-state index in [0.717, 1.165) is 37.6 Å². The van der Waals surface area contributed by atoms with Gasteiger partial charge in [-0.1, -0.05) is 60.2 Å². The normalized spacial score (nSPS) is 11.4. The zero-order chi connectivity index (χ0) is 17.2. The number of nitrogen functional groups attached to an aromatic ring is 1. The summed E-state index contributed by atoms with van der Waals surface area (Å²) in [7, 11) is 0. The Labute approximate surface area is 155 Å². The zero-order valence-corrected chi connectivity index (χ0v) is 14.9. The van der Waals surface area contributed by atoms with Crippen molar-refractivity contribution in [3.8, 4) is 10.6 Å². The number of hydrogen-bond donors (Lipinski definition) is 1. The number of thiazole rings is 1. The fourth-order valence-corrected chi connectivity index (χ4v) is 3.68. The Balaban J connectivity index is 1.57. The Kier molecular flexibility index (Phi) is 4.26. The van der Waals surface area contributed by atoms with Crippen LogP contribution in [0.2, 0.25) is 5.02 Å². The summed E-state index contributed by atoms with van der Waals surface area (Å²) in [6.45, 7) is 0. The van der Waals surface area contributed by atoms with E-state index in [2.05, 4.69) is 41.4 Å². The van der Waals surface area contributed by atoms with Gasteiger partial charge in [0.2, 0.25) is 0 Å². The van der Waals surface area contributed by atoms with Crippen LogP contribution in [-0.2, 0) is 0 Å². The number of nitrogens with zero attached hydrogens (tertiary/aromatic N) is 1. The molecule has 4 heteroatoms. The van der Waals surface area contributed by atoms with Crippen molar-refractivity contribution in [2.45, 2.75) is 0 Å². The van der Waals surface area contributed by atoms with E-state index < -0.39 is 0 Å². The second-order valence-corrected chi connectivity index (χ2v) is 7.22. The first kappa shape index (κ1) is 15.9. The molecule has 0 spiro atoms. The molecule has 25 heavy (non-hydrogen) atoms. The first-order valence-electron chi connectivity index (χ1n) is 7.87. The Morgan fingerprint density at radius 1 is 0.840 bits per heavy atom. The molecule has 1 heterocycles. The van der Waals surface area contributed by atoms with Gasteiger partial charge in [-0.15, -0.1) is 11.3 Å². The highest BCUT2D eigenvalue weighted by atomic mass is 35.5. The lowest BCUT2D eigenvalue weighted by molar-refractivity contribution is 1.47. The van der Waals surface area contributed by atoms with Gasteiger partial charge in [-0.25, -0.2) is 4.98 Å². The Hall–Kier alpha value is -2.62. The molecule has 0 saturated heterocycles. The third-order valence-electron chi connectivity index (χ3n) is 3.91. The second kappa shape index (κ2) is 6.71. The average molecular weight is 363 g/mol. The molecule has 0 atom stereocenters. The van der Waals surface area contributed by atoms with Crippen molar-refractivity contribution in [1.82, 2.24) is 4.98 Å². The molecule has 3 aromatic carbocycles. The van der Waals surface area contributed by atoms with E-state index in [1.54, 1.807) is 11.3 Å². The third-order valence-corrected chi connectivity index (χ3v) is 5.23. The largest absolute Gasteiger partial charge is 0.399 e. The van der Waals surface area contributed by atoms with Crippen LogP contribution >= 0.6 is 22.9 Å². The van der Waals surface area contributed by atoms with Crippen molar-refractivity contribution in [3.63, 3.8) is 0 Å². The summed E-state index contributed by atoms with van der Waals surface area (Å²) in [5.74, 6) is 0. The lowest BCUT2D eigenvalue weighted by Gasteiger charge is -1.98. The molecule has 0 fully saturated rings. The van der Waals surface area contributed by atoms with E-state index in [1.807, 2.05) is 42.5 Å². The van der Waals surface area contributed by atoms with Crippen LogP contribution in [0.25, 0.3) is 32.9 Å². The minimum Gasteiger partial charge on any atom is -0.399 e. The minimum atomic E-state index is 0.715. The fourth-order valence-electron chi connectivity index (χ4n) is 2.56. The zero-order valence-electron chi connectivity index (χ0n) is 13.3. The molecule has 2 nitrogen and oxygen atoms in total. The fraction of sp³-hybridized carbons (Fsp3) is 0. The van der Waals surface area contributed by atoms with Gasteiger partial charge in [0.15, 0.2) is 0 Å². The van der Waals surface area contributed by atoms with E-state index in [4.69, 9.17) is 17.3 Å². The number of hydrogen-bond acceptors (Lipinski definition) is 3. The van der Waals surface area contributed by atoms with Crippen LogP contribution < -0.4 is 5.73 Å². The quantitative estimate of drug-likeness (QED) is 0.339. The Morgan fingerprint density at radius 3 is 2.16 bits per heavy atom. The van der Waals surface area contributed by atoms with Gasteiger partial charge in [-0.3, -0.25) is 0 Å². The number of aromatic nitrogens is 1. The summed E-state index contributed by atoms with van der Waals surface area (Å²) in [4.78, 5) is 4.68. The summed E-state index contributed by atoms with van der Waals surface area (Å²) < 4.78 is 1.15. The molecule has 1 aromatic heterocycles. The smallest absolute Gasteiger partial charge is 0.124 e. The summed E-state index contributed by atoms with van der Waals surface area (Å²) in [6, 6.07) is 22.0. The van der Waals surface area contributed by atoms with Gasteiger partial charge in [0.1, 0.15) is 5.01 Å². The van der Waals surface area contributed by atoms with Crippen LogP contribution in [0.5, 0.6) is 0 Å². The molecule has 0 unspecified atom stereocenters. The molecule has 0 radical (unpaired) electrons. The number of anilines is 1. The molecule has 0 amide bonds. The summed E-state index contributed by atoms with van der Waals surface area (Å²) in [5.41, 5.74) is 10.8. The van der Waals surface area contributed by atoms with Gasteiger partial charge in [-0.05, 0) is 41.5 Å². The van der Waals surface area contributed by atoms with Crippen LogP contribution in [0, 0.1) is 0 Å². The summed E-state index contributed by atoms with van der Waals surface area (Å²) in [6.07, 6.45) is 4.17. The van der Waals surface area contributed by atoms with Crippen LogP contribution in [-0.4, -0.2) is 4.98 Å². The predicted molar refractivity (Wildman–Crippen MR) is 110 cm³/mol. The van der Waals surface area contributed by atoms with Crippen LogP contribution in [0.3, 0.4) is 0 Å². The summed E-state index contributed by atoms with van der Waals surface area (Å²) in [5, 5.41) is 1.72. The second-order valence-electron chi connectivity index (χ2n) is 5.75. The van der Waals surface area contributed by atoms with Crippen LogP contribution in [0.1, 0.15) is 11.1 Å². The van der Waals surface area contributed by atoms with Gasteiger partial charge < -0.3 is 5.73 Å². The van der Waals surface area contributed by atoms with Crippen LogP contribution in [0.15, 0.2) is 66.7 Å². The first-order chi connectivity index (χ1) is 12.2. The van der Waals surface area contributed by atoms with Gasteiger partial charge in [0, 0.05) is 16.3 Å². The highest BCUT2D eigenvalue weighted by Crippen LogP contribution is 2.31. The molecule has 122 valence electrons. The molecular weight excluding hydrogens is 348 g/mol. The minimum absolute atomic E-state index is 0.715. The Bertz CT molecular complexity index is 1050. The maximum atomic E-state index is 6.04. The van der Waals surface area contributed by atoms with E-state index in [0.29, 0.717) is 5.02 Å². The van der Waals surface area contributed by atoms with Gasteiger partial charge >= 0.3 is 0 Å². The van der Waals surface area contributed by atoms with Crippen molar-refractivity contribution >= 4 is 51.0 Å². The molecule has 0 bridgehead atoms. The molecule has 2 N–H and O–H groups in total. The van der Waals surface area contributed by atoms with E-state index in [-0.39, 0.29) is 0 Å². The number of rotatable bonds is 3. The predicted octanol–water partition coefficient (Wildman–Crippen LogP) is 6.37. The maximum absolute atomic E-state index is 6.04. The topological polar surface area (TPSA) is 38.9 Å². The molecule has 4 aromatic rings. The van der Waals surface area contributed by atoms with Crippen LogP contribution in [0.4, 0.5) is 5.69 Å². The lowest BCUT2D eigenvalue weighted by Crippen LogP contribution is -1.82. The third kappa shape index (κ3) is 3.58. The molecule has 0 aliphatic carbocycles. The SMILES string of the molecule is Nc1ccc(/C=C/c2ccc(-c3nc4cc(Cl)ccc4s3)cc2)cc1. The van der Waals surface area contributed by atoms with E-state index in [1.165, 1.54) is 0 Å². The number of fused-ring (bicyclic) bond motifs is 1. The van der Waals surface area contributed by atoms with Gasteiger partial charge in [0.25, 0.3) is 0 Å². The number of nitrogens with two attached hydrogens (primary N) is 1. The van der Waals surface area contributed by atoms with Crippen molar-refractivity contribution in [2.75, 3.05) is 5.73 Å². The van der Waals surface area contributed by atoms with Crippen molar-refractivity contribution in [2.24, 2.45) is 0 Å². The Morgan fingerprint density at radius 2 is 1.48 bits per heavy atom. The highest BCUT2D eigenvalue weighted by Gasteiger charge is 2.06. The average Bonchev–Trinajstić information content (AvgIpc) is 3.05. The van der Waals surface area contributed by atoms with E-state index >= 15 is 0 Å². The van der Waals surface area contributed by atoms with Gasteiger partial charge in [-0.2, -0.15) is 0 Å². The molecule has 0 aliphatic heterocycles. The molecule has 4 rings (SSSR count). The van der Waals surface area contributed by atoms with Crippen molar-refractivity contribution in [3.05, 3.63) is 82.9 Å². The molecular formula is C21H15ClN2S. The standard InChI is InChI=1S/C21H15ClN2S/c22-17-9-12-20-19(13-17)24-21(25-20)16-7-3-14(4-8-16)1-2-15-5-10-18(23)11-6-15/h1-13H,23H2/b2-1+. The lowest BCUT2D eigenvalue weighted by atomic mass is 10.1. The molecule has 0 saturated carbocycles.